The zero-order valence-electron chi connectivity index (χ0n) is 10.2. The van der Waals surface area contributed by atoms with Crippen LogP contribution >= 0.6 is 11.6 Å². The quantitative estimate of drug-likeness (QED) is 0.480. The molecule has 2 aromatic rings. The number of rotatable bonds is 5. The van der Waals surface area contributed by atoms with Gasteiger partial charge in [0.25, 0.3) is 5.69 Å². The van der Waals surface area contributed by atoms with E-state index in [0.717, 1.165) is 0 Å². The number of aldehydes is 1. The van der Waals surface area contributed by atoms with E-state index in [1.54, 1.807) is 12.1 Å². The lowest BCUT2D eigenvalue weighted by Crippen LogP contribution is -2.01. The topological polar surface area (TPSA) is 82.3 Å². The van der Waals surface area contributed by atoms with Gasteiger partial charge in [-0.2, -0.15) is 0 Å². The van der Waals surface area contributed by atoms with Crippen LogP contribution < -0.4 is 4.74 Å². The second kappa shape index (κ2) is 6.12. The SMILES string of the molecule is O=Cc1ccc(OCc2ccc(Cl)cc2[N+](=O)[O-])cn1. The number of aromatic nitrogens is 1. The summed E-state index contributed by atoms with van der Waals surface area (Å²) in [5, 5.41) is 11.2. The van der Waals surface area contributed by atoms with Crippen molar-refractivity contribution in [2.45, 2.75) is 6.61 Å². The molecule has 0 bridgehead atoms. The monoisotopic (exact) mass is 292 g/mol. The van der Waals surface area contributed by atoms with Crippen LogP contribution in [0.2, 0.25) is 5.02 Å². The summed E-state index contributed by atoms with van der Waals surface area (Å²) in [5.74, 6) is 0.417. The Bertz CT molecular complexity index is 643. The smallest absolute Gasteiger partial charge is 0.277 e. The highest BCUT2D eigenvalue weighted by atomic mass is 35.5. The van der Waals surface area contributed by atoms with Crippen LogP contribution in [0.5, 0.6) is 5.75 Å². The number of ether oxygens (including phenoxy) is 1. The third-order valence-electron chi connectivity index (χ3n) is 2.52. The lowest BCUT2D eigenvalue weighted by atomic mass is 10.2. The van der Waals surface area contributed by atoms with E-state index in [4.69, 9.17) is 16.3 Å². The first-order chi connectivity index (χ1) is 9.60. The Kier molecular flexibility index (Phi) is 4.27. The number of nitro groups is 1. The lowest BCUT2D eigenvalue weighted by Gasteiger charge is -2.06. The molecule has 20 heavy (non-hydrogen) atoms. The third kappa shape index (κ3) is 3.30. The molecule has 6 nitrogen and oxygen atoms in total. The zero-order valence-corrected chi connectivity index (χ0v) is 10.9. The number of carbonyl (C=O) groups excluding carboxylic acids is 1. The van der Waals surface area contributed by atoms with Crippen LogP contribution in [0.3, 0.4) is 0 Å². The number of benzene rings is 1. The van der Waals surface area contributed by atoms with Crippen LogP contribution in [0.15, 0.2) is 36.5 Å². The normalized spacial score (nSPS) is 10.1. The number of nitrogens with zero attached hydrogens (tertiary/aromatic N) is 2. The minimum Gasteiger partial charge on any atom is -0.487 e. The predicted octanol–water partition coefficient (Wildman–Crippen LogP) is 3.03. The molecule has 0 saturated carbocycles. The molecule has 0 unspecified atom stereocenters. The number of halogens is 1. The Morgan fingerprint density at radius 3 is 2.75 bits per heavy atom. The summed E-state index contributed by atoms with van der Waals surface area (Å²) in [6.07, 6.45) is 2.00. The summed E-state index contributed by atoms with van der Waals surface area (Å²) < 4.78 is 5.40. The van der Waals surface area contributed by atoms with Gasteiger partial charge in [0, 0.05) is 11.1 Å². The Labute approximate surface area is 119 Å². The average Bonchev–Trinajstić information content (AvgIpc) is 2.46. The van der Waals surface area contributed by atoms with Gasteiger partial charge in [0.2, 0.25) is 0 Å². The van der Waals surface area contributed by atoms with Crippen molar-refractivity contribution in [2.75, 3.05) is 0 Å². The summed E-state index contributed by atoms with van der Waals surface area (Å²) in [6, 6.07) is 7.43. The maximum atomic E-state index is 10.9. The van der Waals surface area contributed by atoms with E-state index in [-0.39, 0.29) is 23.0 Å². The molecule has 2 rings (SSSR count). The molecule has 0 N–H and O–H groups in total. The summed E-state index contributed by atoms with van der Waals surface area (Å²) in [5.41, 5.74) is 0.587. The molecule has 0 aliphatic carbocycles. The fraction of sp³-hybridized carbons (Fsp3) is 0.0769. The first-order valence-corrected chi connectivity index (χ1v) is 5.95. The highest BCUT2D eigenvalue weighted by molar-refractivity contribution is 6.30. The van der Waals surface area contributed by atoms with Gasteiger partial charge in [-0.15, -0.1) is 0 Å². The molecule has 0 saturated heterocycles. The largest absolute Gasteiger partial charge is 0.487 e. The van der Waals surface area contributed by atoms with Crippen molar-refractivity contribution < 1.29 is 14.5 Å². The number of carbonyl (C=O) groups is 1. The van der Waals surface area contributed by atoms with Gasteiger partial charge in [-0.3, -0.25) is 14.9 Å². The zero-order chi connectivity index (χ0) is 14.5. The molecule has 7 heteroatoms. The van der Waals surface area contributed by atoms with E-state index in [0.29, 0.717) is 17.6 Å². The fourth-order valence-electron chi connectivity index (χ4n) is 1.54. The molecule has 0 aliphatic heterocycles. The minimum absolute atomic E-state index is 0.00952. The van der Waals surface area contributed by atoms with Crippen molar-refractivity contribution in [1.29, 1.82) is 0 Å². The van der Waals surface area contributed by atoms with E-state index >= 15 is 0 Å². The van der Waals surface area contributed by atoms with Gasteiger partial charge in [0.1, 0.15) is 18.1 Å². The predicted molar refractivity (Wildman–Crippen MR) is 72.1 cm³/mol. The molecule has 0 radical (unpaired) electrons. The van der Waals surface area contributed by atoms with Crippen LogP contribution in [-0.4, -0.2) is 16.2 Å². The standard InChI is InChI=1S/C13H9ClN2O4/c14-10-2-1-9(13(5-10)16(18)19)8-20-12-4-3-11(7-17)15-6-12/h1-7H,8H2. The van der Waals surface area contributed by atoms with Crippen molar-refractivity contribution >= 4 is 23.6 Å². The fourth-order valence-corrected chi connectivity index (χ4v) is 1.70. The Hall–Kier alpha value is -2.47. The number of pyridine rings is 1. The molecular formula is C13H9ClN2O4. The van der Waals surface area contributed by atoms with Gasteiger partial charge in [-0.25, -0.2) is 4.98 Å². The van der Waals surface area contributed by atoms with Gasteiger partial charge in [-0.05, 0) is 24.3 Å². The van der Waals surface area contributed by atoms with E-state index in [9.17, 15) is 14.9 Å². The lowest BCUT2D eigenvalue weighted by molar-refractivity contribution is -0.385. The molecule has 1 aromatic carbocycles. The number of hydrogen-bond donors (Lipinski definition) is 0. The van der Waals surface area contributed by atoms with Crippen LogP contribution in [0.25, 0.3) is 0 Å². The van der Waals surface area contributed by atoms with Gasteiger partial charge in [0.15, 0.2) is 6.29 Å². The van der Waals surface area contributed by atoms with Crippen molar-refractivity contribution in [3.8, 4) is 5.75 Å². The minimum atomic E-state index is -0.516. The van der Waals surface area contributed by atoms with Crippen LogP contribution in [0, 0.1) is 10.1 Å². The Morgan fingerprint density at radius 2 is 2.15 bits per heavy atom. The van der Waals surface area contributed by atoms with E-state index in [1.807, 2.05) is 0 Å². The van der Waals surface area contributed by atoms with Gasteiger partial charge < -0.3 is 4.74 Å². The number of hydrogen-bond acceptors (Lipinski definition) is 5. The van der Waals surface area contributed by atoms with E-state index in [1.165, 1.54) is 24.4 Å². The molecule has 0 aliphatic rings. The summed E-state index contributed by atoms with van der Waals surface area (Å²) in [4.78, 5) is 24.7. The summed E-state index contributed by atoms with van der Waals surface area (Å²) in [7, 11) is 0. The second-order valence-electron chi connectivity index (χ2n) is 3.86. The molecule has 0 fully saturated rings. The highest BCUT2D eigenvalue weighted by Crippen LogP contribution is 2.24. The molecule has 1 aromatic heterocycles. The second-order valence-corrected chi connectivity index (χ2v) is 4.29. The van der Waals surface area contributed by atoms with Crippen LogP contribution in [-0.2, 0) is 6.61 Å². The van der Waals surface area contributed by atoms with Crippen molar-refractivity contribution in [3.05, 3.63) is 62.9 Å². The average molecular weight is 293 g/mol. The maximum Gasteiger partial charge on any atom is 0.277 e. The number of nitro benzene ring substituents is 1. The van der Waals surface area contributed by atoms with Crippen molar-refractivity contribution in [1.82, 2.24) is 4.98 Å². The van der Waals surface area contributed by atoms with Gasteiger partial charge in [0.05, 0.1) is 16.7 Å². The maximum absolute atomic E-state index is 10.9. The first kappa shape index (κ1) is 14.0. The molecule has 0 atom stereocenters. The van der Waals surface area contributed by atoms with E-state index < -0.39 is 4.92 Å². The third-order valence-corrected chi connectivity index (χ3v) is 2.75. The Morgan fingerprint density at radius 1 is 1.35 bits per heavy atom. The van der Waals surface area contributed by atoms with Crippen molar-refractivity contribution in [3.63, 3.8) is 0 Å². The molecule has 1 heterocycles. The molecule has 0 amide bonds. The van der Waals surface area contributed by atoms with Crippen LogP contribution in [0.4, 0.5) is 5.69 Å². The molecule has 0 spiro atoms. The van der Waals surface area contributed by atoms with Gasteiger partial charge in [-0.1, -0.05) is 11.6 Å². The molecular weight excluding hydrogens is 284 g/mol. The highest BCUT2D eigenvalue weighted by Gasteiger charge is 2.14. The summed E-state index contributed by atoms with van der Waals surface area (Å²) >= 11 is 5.72. The Balaban J connectivity index is 2.13. The van der Waals surface area contributed by atoms with E-state index in [2.05, 4.69) is 4.98 Å². The summed E-state index contributed by atoms with van der Waals surface area (Å²) in [6.45, 7) is 0.00952. The first-order valence-electron chi connectivity index (χ1n) is 5.57. The van der Waals surface area contributed by atoms with Gasteiger partial charge >= 0.3 is 0 Å². The van der Waals surface area contributed by atoms with Crippen LogP contribution in [0.1, 0.15) is 16.1 Å². The molecule has 102 valence electrons. The van der Waals surface area contributed by atoms with Crippen molar-refractivity contribution in [2.24, 2.45) is 0 Å².